The van der Waals surface area contributed by atoms with E-state index in [4.69, 9.17) is 5.73 Å². The molecule has 0 saturated carbocycles. The molecule has 0 unspecified atom stereocenters. The van der Waals surface area contributed by atoms with Gasteiger partial charge < -0.3 is 10.1 Å². The van der Waals surface area contributed by atoms with Crippen molar-refractivity contribution in [3.05, 3.63) is 35.8 Å². The van der Waals surface area contributed by atoms with Gasteiger partial charge in [-0.15, -0.1) is 0 Å². The van der Waals surface area contributed by atoms with Gasteiger partial charge in [0.25, 0.3) is 0 Å². The first-order valence-corrected chi connectivity index (χ1v) is 4.89. The monoisotopic (exact) mass is 189 g/mol. The van der Waals surface area contributed by atoms with Gasteiger partial charge in [-0.25, -0.2) is 4.98 Å². The molecule has 0 atom stereocenters. The van der Waals surface area contributed by atoms with E-state index in [1.165, 1.54) is 0 Å². The van der Waals surface area contributed by atoms with Crippen molar-refractivity contribution in [2.75, 3.05) is 0 Å². The highest BCUT2D eigenvalue weighted by atomic mass is 15.0. The fraction of sp³-hybridized carbons (Fsp3) is 0.364. The van der Waals surface area contributed by atoms with E-state index in [1.54, 1.807) is 0 Å². The number of fused-ring (bicyclic) bond motifs is 1. The molecule has 2 aromatic rings. The summed E-state index contributed by atoms with van der Waals surface area (Å²) in [7, 11) is 0. The van der Waals surface area contributed by atoms with Crippen LogP contribution in [0.1, 0.15) is 31.0 Å². The van der Waals surface area contributed by atoms with Crippen LogP contribution in [-0.4, -0.2) is 9.38 Å². The maximum absolute atomic E-state index is 5.65. The number of hydrogen-bond acceptors (Lipinski definition) is 2. The molecule has 2 aromatic heterocycles. The van der Waals surface area contributed by atoms with Crippen molar-refractivity contribution in [2.45, 2.75) is 26.3 Å². The second-order valence-corrected chi connectivity index (χ2v) is 3.79. The van der Waals surface area contributed by atoms with Gasteiger partial charge in [0.05, 0.1) is 5.69 Å². The second kappa shape index (κ2) is 3.42. The average molecular weight is 189 g/mol. The summed E-state index contributed by atoms with van der Waals surface area (Å²) in [5.41, 5.74) is 8.85. The summed E-state index contributed by atoms with van der Waals surface area (Å²) >= 11 is 0. The topological polar surface area (TPSA) is 43.3 Å². The van der Waals surface area contributed by atoms with Crippen molar-refractivity contribution in [3.63, 3.8) is 0 Å². The number of nitrogens with zero attached hydrogens (tertiary/aromatic N) is 2. The summed E-state index contributed by atoms with van der Waals surface area (Å²) in [6, 6.07) is 4.02. The lowest BCUT2D eigenvalue weighted by molar-refractivity contribution is 0.833. The third kappa shape index (κ3) is 1.40. The zero-order valence-electron chi connectivity index (χ0n) is 8.57. The number of nitrogens with two attached hydrogens (primary N) is 1. The Morgan fingerprint density at radius 1 is 1.50 bits per heavy atom. The average Bonchev–Trinajstić information content (AvgIpc) is 2.60. The molecule has 0 aliphatic carbocycles. The number of pyridine rings is 1. The zero-order chi connectivity index (χ0) is 10.1. The Balaban J connectivity index is 2.64. The Hall–Kier alpha value is -1.35. The van der Waals surface area contributed by atoms with Crippen LogP contribution < -0.4 is 5.73 Å². The minimum atomic E-state index is 0.459. The van der Waals surface area contributed by atoms with Gasteiger partial charge in [-0.2, -0.15) is 0 Å². The van der Waals surface area contributed by atoms with Crippen LogP contribution in [0.2, 0.25) is 0 Å². The van der Waals surface area contributed by atoms with Crippen molar-refractivity contribution in [1.29, 1.82) is 0 Å². The Morgan fingerprint density at radius 3 is 2.93 bits per heavy atom. The van der Waals surface area contributed by atoms with Crippen molar-refractivity contribution >= 4 is 5.65 Å². The maximum Gasteiger partial charge on any atom is 0.141 e. The molecule has 0 aromatic carbocycles. The summed E-state index contributed by atoms with van der Waals surface area (Å²) in [4.78, 5) is 4.57. The van der Waals surface area contributed by atoms with Crippen LogP contribution in [-0.2, 0) is 6.54 Å². The fourth-order valence-electron chi connectivity index (χ4n) is 1.53. The molecule has 2 rings (SSSR count). The Labute approximate surface area is 83.6 Å². The zero-order valence-corrected chi connectivity index (χ0v) is 8.57. The first-order chi connectivity index (χ1) is 6.72. The van der Waals surface area contributed by atoms with E-state index in [-0.39, 0.29) is 0 Å². The van der Waals surface area contributed by atoms with Gasteiger partial charge in [0, 0.05) is 24.5 Å². The smallest absolute Gasteiger partial charge is 0.141 e. The molecule has 3 nitrogen and oxygen atoms in total. The molecule has 3 heteroatoms. The SMILES string of the molecule is CC(C)c1cn2cccc(CN)c2n1. The normalized spacial score (nSPS) is 11.4. The molecule has 14 heavy (non-hydrogen) atoms. The summed E-state index contributed by atoms with van der Waals surface area (Å²) < 4.78 is 2.04. The van der Waals surface area contributed by atoms with Crippen LogP contribution in [0.25, 0.3) is 5.65 Å². The van der Waals surface area contributed by atoms with E-state index in [9.17, 15) is 0 Å². The molecular formula is C11H15N3. The van der Waals surface area contributed by atoms with E-state index >= 15 is 0 Å². The van der Waals surface area contributed by atoms with Crippen LogP contribution in [0.3, 0.4) is 0 Å². The van der Waals surface area contributed by atoms with Crippen LogP contribution >= 0.6 is 0 Å². The minimum Gasteiger partial charge on any atom is -0.326 e. The van der Waals surface area contributed by atoms with Crippen molar-refractivity contribution in [1.82, 2.24) is 9.38 Å². The number of aromatic nitrogens is 2. The molecule has 2 N–H and O–H groups in total. The van der Waals surface area contributed by atoms with Gasteiger partial charge in [-0.05, 0) is 12.0 Å². The third-order valence-electron chi connectivity index (χ3n) is 2.39. The molecule has 0 bridgehead atoms. The van der Waals surface area contributed by atoms with Gasteiger partial charge in [0.1, 0.15) is 5.65 Å². The largest absolute Gasteiger partial charge is 0.326 e. The highest BCUT2D eigenvalue weighted by Crippen LogP contribution is 2.16. The van der Waals surface area contributed by atoms with Gasteiger partial charge in [0.2, 0.25) is 0 Å². The molecule has 0 fully saturated rings. The molecule has 0 amide bonds. The van der Waals surface area contributed by atoms with Gasteiger partial charge in [-0.1, -0.05) is 19.9 Å². The standard InChI is InChI=1S/C11H15N3/c1-8(2)10-7-14-5-3-4-9(6-12)11(14)13-10/h3-5,7-8H,6,12H2,1-2H3. The molecule has 74 valence electrons. The predicted molar refractivity (Wildman–Crippen MR) is 57.2 cm³/mol. The Morgan fingerprint density at radius 2 is 2.29 bits per heavy atom. The lowest BCUT2D eigenvalue weighted by Crippen LogP contribution is -1.99. The molecule has 0 spiro atoms. The molecule has 0 radical (unpaired) electrons. The third-order valence-corrected chi connectivity index (χ3v) is 2.39. The predicted octanol–water partition coefficient (Wildman–Crippen LogP) is 1.92. The highest BCUT2D eigenvalue weighted by Gasteiger charge is 2.07. The maximum atomic E-state index is 5.65. The van der Waals surface area contributed by atoms with Gasteiger partial charge in [-0.3, -0.25) is 0 Å². The molecular weight excluding hydrogens is 174 g/mol. The summed E-state index contributed by atoms with van der Waals surface area (Å²) in [6.45, 7) is 4.83. The lowest BCUT2D eigenvalue weighted by atomic mass is 10.2. The molecule has 0 saturated heterocycles. The Kier molecular flexibility index (Phi) is 2.25. The minimum absolute atomic E-state index is 0.459. The number of hydrogen-bond donors (Lipinski definition) is 1. The van der Waals surface area contributed by atoms with E-state index in [0.29, 0.717) is 12.5 Å². The van der Waals surface area contributed by atoms with Crippen molar-refractivity contribution in [2.24, 2.45) is 5.73 Å². The summed E-state index contributed by atoms with van der Waals surface area (Å²) in [5, 5.41) is 0. The van der Waals surface area contributed by atoms with Crippen LogP contribution in [0.4, 0.5) is 0 Å². The number of rotatable bonds is 2. The van der Waals surface area contributed by atoms with Crippen molar-refractivity contribution < 1.29 is 0 Å². The first kappa shape index (κ1) is 9.21. The van der Waals surface area contributed by atoms with Crippen LogP contribution in [0.15, 0.2) is 24.5 Å². The van der Waals surface area contributed by atoms with E-state index < -0.39 is 0 Å². The first-order valence-electron chi connectivity index (χ1n) is 4.89. The van der Waals surface area contributed by atoms with E-state index in [0.717, 1.165) is 16.9 Å². The molecule has 0 aliphatic heterocycles. The number of imidazole rings is 1. The van der Waals surface area contributed by atoms with E-state index in [2.05, 4.69) is 25.0 Å². The van der Waals surface area contributed by atoms with Gasteiger partial charge in [0.15, 0.2) is 0 Å². The van der Waals surface area contributed by atoms with Crippen LogP contribution in [0, 0.1) is 0 Å². The quantitative estimate of drug-likeness (QED) is 0.784. The van der Waals surface area contributed by atoms with Gasteiger partial charge >= 0.3 is 0 Å². The second-order valence-electron chi connectivity index (χ2n) is 3.79. The molecule has 0 aliphatic rings. The fourth-order valence-corrected chi connectivity index (χ4v) is 1.53. The highest BCUT2D eigenvalue weighted by molar-refractivity contribution is 5.49. The van der Waals surface area contributed by atoms with Crippen LogP contribution in [0.5, 0.6) is 0 Å². The summed E-state index contributed by atoms with van der Waals surface area (Å²) in [6.07, 6.45) is 4.08. The summed E-state index contributed by atoms with van der Waals surface area (Å²) in [5.74, 6) is 0.459. The molecule has 2 heterocycles. The van der Waals surface area contributed by atoms with E-state index in [1.807, 2.05) is 22.7 Å². The Bertz CT molecular complexity index is 443. The lowest BCUT2D eigenvalue weighted by Gasteiger charge is -1.98. The van der Waals surface area contributed by atoms with Crippen molar-refractivity contribution in [3.8, 4) is 0 Å².